The summed E-state index contributed by atoms with van der Waals surface area (Å²) >= 11 is 3.92. The van der Waals surface area contributed by atoms with Gasteiger partial charge in [-0.1, -0.05) is 24.3 Å². The van der Waals surface area contributed by atoms with Crippen LogP contribution in [0.4, 0.5) is 16.2 Å². The molecule has 8 heteroatoms. The fourth-order valence-electron chi connectivity index (χ4n) is 2.18. The predicted molar refractivity (Wildman–Crippen MR) is 95.7 cm³/mol. The number of para-hydroxylation sites is 1. The van der Waals surface area contributed by atoms with E-state index < -0.39 is 16.1 Å². The molecule has 120 valence electrons. The number of halogens is 1. The third-order valence-electron chi connectivity index (χ3n) is 3.27. The average molecular weight is 405 g/mol. The van der Waals surface area contributed by atoms with Gasteiger partial charge in [0.1, 0.15) is 0 Å². The van der Waals surface area contributed by atoms with Crippen molar-refractivity contribution >= 4 is 56.3 Å². The van der Waals surface area contributed by atoms with Gasteiger partial charge in [0.2, 0.25) is 0 Å². The number of imide groups is 1. The van der Waals surface area contributed by atoms with E-state index in [9.17, 15) is 19.7 Å². The molecule has 2 aromatic carbocycles. The molecule has 6 nitrogen and oxygen atoms in total. The van der Waals surface area contributed by atoms with Crippen LogP contribution in [0.25, 0.3) is 6.08 Å². The smallest absolute Gasteiger partial charge is 0.268 e. The number of thioether (sulfide) groups is 1. The highest BCUT2D eigenvalue weighted by molar-refractivity contribution is 9.10. The first-order valence-corrected chi connectivity index (χ1v) is 8.35. The Balaban J connectivity index is 1.95. The molecule has 0 aromatic heterocycles. The number of carbonyl (C=O) groups is 2. The van der Waals surface area contributed by atoms with Crippen molar-refractivity contribution in [2.45, 2.75) is 0 Å². The van der Waals surface area contributed by atoms with Crippen LogP contribution in [-0.4, -0.2) is 16.1 Å². The molecular formula is C16H9BrN2O4S. The van der Waals surface area contributed by atoms with E-state index in [0.29, 0.717) is 15.7 Å². The lowest BCUT2D eigenvalue weighted by Gasteiger charge is -2.11. The SMILES string of the molecule is O=C1SC(=Cc2ccc(Br)c([N+](=O)[O-])c2)C(=O)N1c1ccccc1. The molecule has 0 aliphatic carbocycles. The number of nitrogens with zero attached hydrogens (tertiary/aromatic N) is 2. The zero-order valence-corrected chi connectivity index (χ0v) is 14.4. The third kappa shape index (κ3) is 3.10. The van der Waals surface area contributed by atoms with Crippen molar-refractivity contribution < 1.29 is 14.5 Å². The number of carbonyl (C=O) groups excluding carboxylic acids is 2. The molecule has 0 atom stereocenters. The molecule has 1 fully saturated rings. The number of hydrogen-bond acceptors (Lipinski definition) is 5. The average Bonchev–Trinajstić information content (AvgIpc) is 2.83. The minimum absolute atomic E-state index is 0.106. The molecule has 0 N–H and O–H groups in total. The maximum Gasteiger partial charge on any atom is 0.298 e. The van der Waals surface area contributed by atoms with Crippen molar-refractivity contribution in [1.82, 2.24) is 0 Å². The fourth-order valence-corrected chi connectivity index (χ4v) is 3.41. The van der Waals surface area contributed by atoms with Gasteiger partial charge in [0.25, 0.3) is 16.8 Å². The van der Waals surface area contributed by atoms with Crippen molar-refractivity contribution in [3.63, 3.8) is 0 Å². The first-order chi connectivity index (χ1) is 11.5. The normalized spacial score (nSPS) is 16.0. The predicted octanol–water partition coefficient (Wildman–Crippen LogP) is 4.60. The molecule has 1 aliphatic heterocycles. The number of benzene rings is 2. The van der Waals surface area contributed by atoms with E-state index in [1.54, 1.807) is 36.4 Å². The Morgan fingerprint density at radius 3 is 2.50 bits per heavy atom. The second kappa shape index (κ2) is 6.58. The Hall–Kier alpha value is -2.45. The van der Waals surface area contributed by atoms with Crippen LogP contribution in [-0.2, 0) is 4.79 Å². The van der Waals surface area contributed by atoms with Gasteiger partial charge in [-0.2, -0.15) is 0 Å². The molecule has 0 bridgehead atoms. The molecule has 24 heavy (non-hydrogen) atoms. The Labute approximate surface area is 149 Å². The van der Waals surface area contributed by atoms with Gasteiger partial charge >= 0.3 is 0 Å². The molecule has 3 rings (SSSR count). The van der Waals surface area contributed by atoms with Crippen LogP contribution in [0.2, 0.25) is 0 Å². The second-order valence-corrected chi connectivity index (χ2v) is 6.67. The maximum atomic E-state index is 12.5. The number of hydrogen-bond donors (Lipinski definition) is 0. The topological polar surface area (TPSA) is 80.5 Å². The minimum atomic E-state index is -0.517. The van der Waals surface area contributed by atoms with E-state index in [1.165, 1.54) is 18.2 Å². The summed E-state index contributed by atoms with van der Waals surface area (Å²) in [7, 11) is 0. The highest BCUT2D eigenvalue weighted by Crippen LogP contribution is 2.36. The summed E-state index contributed by atoms with van der Waals surface area (Å²) in [4.78, 5) is 36.4. The van der Waals surface area contributed by atoms with Crippen molar-refractivity contribution in [2.24, 2.45) is 0 Å². The van der Waals surface area contributed by atoms with Gasteiger partial charge in [0.15, 0.2) is 0 Å². The van der Waals surface area contributed by atoms with Gasteiger partial charge in [0.05, 0.1) is 20.0 Å². The zero-order chi connectivity index (χ0) is 17.3. The summed E-state index contributed by atoms with van der Waals surface area (Å²) in [6, 6.07) is 13.1. The minimum Gasteiger partial charge on any atom is -0.268 e. The highest BCUT2D eigenvalue weighted by Gasteiger charge is 2.36. The molecule has 2 aromatic rings. The lowest BCUT2D eigenvalue weighted by atomic mass is 10.2. The maximum absolute atomic E-state index is 12.5. The van der Waals surface area contributed by atoms with Gasteiger partial charge in [-0.15, -0.1) is 0 Å². The van der Waals surface area contributed by atoms with Crippen LogP contribution in [0.3, 0.4) is 0 Å². The first-order valence-electron chi connectivity index (χ1n) is 6.74. The van der Waals surface area contributed by atoms with Crippen LogP contribution in [0, 0.1) is 10.1 Å². The van der Waals surface area contributed by atoms with Gasteiger partial charge in [-0.25, -0.2) is 4.90 Å². The number of nitro benzene ring substituents is 1. The molecule has 0 radical (unpaired) electrons. The second-order valence-electron chi connectivity index (χ2n) is 4.82. The van der Waals surface area contributed by atoms with Crippen LogP contribution >= 0.6 is 27.7 Å². The summed E-state index contributed by atoms with van der Waals surface area (Å²) < 4.78 is 0.349. The molecule has 0 spiro atoms. The largest absolute Gasteiger partial charge is 0.298 e. The van der Waals surface area contributed by atoms with Gasteiger partial charge in [0, 0.05) is 6.07 Å². The lowest BCUT2D eigenvalue weighted by molar-refractivity contribution is -0.385. The summed E-state index contributed by atoms with van der Waals surface area (Å²) in [5.74, 6) is -0.443. The Morgan fingerprint density at radius 2 is 1.83 bits per heavy atom. The molecule has 0 saturated carbocycles. The van der Waals surface area contributed by atoms with Crippen LogP contribution in [0.5, 0.6) is 0 Å². The van der Waals surface area contributed by atoms with E-state index >= 15 is 0 Å². The van der Waals surface area contributed by atoms with E-state index in [2.05, 4.69) is 15.9 Å². The Morgan fingerprint density at radius 1 is 1.12 bits per heavy atom. The van der Waals surface area contributed by atoms with Crippen molar-refractivity contribution in [1.29, 1.82) is 0 Å². The molecule has 1 aliphatic rings. The summed E-state index contributed by atoms with van der Waals surface area (Å²) in [5.41, 5.74) is 0.861. The number of nitro groups is 1. The lowest BCUT2D eigenvalue weighted by Crippen LogP contribution is -2.27. The van der Waals surface area contributed by atoms with Crippen molar-refractivity contribution in [3.05, 3.63) is 73.6 Å². The highest BCUT2D eigenvalue weighted by atomic mass is 79.9. The third-order valence-corrected chi connectivity index (χ3v) is 4.81. The molecule has 0 unspecified atom stereocenters. The summed E-state index contributed by atoms with van der Waals surface area (Å²) in [6.07, 6.45) is 1.48. The van der Waals surface area contributed by atoms with Gasteiger partial charge < -0.3 is 0 Å². The number of amides is 2. The zero-order valence-electron chi connectivity index (χ0n) is 12.0. The quantitative estimate of drug-likeness (QED) is 0.424. The number of anilines is 1. The van der Waals surface area contributed by atoms with Gasteiger partial charge in [-0.05, 0) is 57.5 Å². The van der Waals surface area contributed by atoms with E-state index in [0.717, 1.165) is 16.7 Å². The monoisotopic (exact) mass is 404 g/mol. The van der Waals surface area contributed by atoms with Crippen LogP contribution in [0.1, 0.15) is 5.56 Å². The van der Waals surface area contributed by atoms with E-state index in [1.807, 2.05) is 0 Å². The Bertz CT molecular complexity index is 883. The van der Waals surface area contributed by atoms with E-state index in [-0.39, 0.29) is 10.6 Å². The first kappa shape index (κ1) is 16.4. The summed E-state index contributed by atoms with van der Waals surface area (Å²) in [6.45, 7) is 0. The molecular weight excluding hydrogens is 396 g/mol. The number of rotatable bonds is 3. The molecule has 1 heterocycles. The summed E-state index contributed by atoms with van der Waals surface area (Å²) in [5, 5.41) is 10.6. The Kier molecular flexibility index (Phi) is 4.50. The van der Waals surface area contributed by atoms with Crippen molar-refractivity contribution in [3.8, 4) is 0 Å². The molecule has 2 amide bonds. The van der Waals surface area contributed by atoms with Crippen LogP contribution < -0.4 is 4.90 Å². The van der Waals surface area contributed by atoms with Gasteiger partial charge in [-0.3, -0.25) is 19.7 Å². The van der Waals surface area contributed by atoms with Crippen LogP contribution in [0.15, 0.2) is 57.9 Å². The standard InChI is InChI=1S/C16H9BrN2O4S/c17-12-7-6-10(8-13(12)19(22)23)9-14-15(20)18(16(21)24-14)11-4-2-1-3-5-11/h1-9H. The fraction of sp³-hybridized carbons (Fsp3) is 0. The van der Waals surface area contributed by atoms with E-state index in [4.69, 9.17) is 0 Å². The molecule has 1 saturated heterocycles. The van der Waals surface area contributed by atoms with Crippen molar-refractivity contribution in [2.75, 3.05) is 4.90 Å².